The molecule has 1 heterocycles. The minimum Gasteiger partial charge on any atom is -0.459 e. The van der Waals surface area contributed by atoms with Gasteiger partial charge in [-0.1, -0.05) is 133 Å². The van der Waals surface area contributed by atoms with Crippen LogP contribution in [-0.2, 0) is 32.2 Å². The molecule has 1 aliphatic heterocycles. The molecular formula is C60H66N2O9. The van der Waals surface area contributed by atoms with Crippen LogP contribution >= 0.6 is 0 Å². The van der Waals surface area contributed by atoms with Gasteiger partial charge in [-0.2, -0.15) is 0 Å². The smallest absolute Gasteiger partial charge is 0.410 e. The Balaban J connectivity index is 1.19. The molecular weight excluding hydrogens is 893 g/mol. The van der Waals surface area contributed by atoms with Crippen LogP contribution in [0.4, 0.5) is 4.79 Å². The molecule has 2 aliphatic carbocycles. The SMILES string of the molecule is C=CCO[C@@]12Oc3ccc(Oc4ccc5ccccc5c4)cc3[C@H]3[C@H](CCCCO)[C@@H](CCCCO)C=C(C(=NOCC)C[C@@H]1N(Cc1cccc4ccccc14)C(=O)OCCOCc1ccccc1)[C@H]32. The number of aliphatic hydroxyl groups is 2. The maximum atomic E-state index is 15.2. The van der Waals surface area contributed by atoms with Crippen LogP contribution in [0.3, 0.4) is 0 Å². The number of hydrogen-bond donors (Lipinski definition) is 2. The third-order valence-electron chi connectivity index (χ3n) is 14.3. The lowest BCUT2D eigenvalue weighted by Crippen LogP contribution is -2.70. The van der Waals surface area contributed by atoms with Crippen LogP contribution in [0.5, 0.6) is 17.2 Å². The highest BCUT2D eigenvalue weighted by atomic mass is 16.7. The lowest BCUT2D eigenvalue weighted by molar-refractivity contribution is -0.256. The summed E-state index contributed by atoms with van der Waals surface area (Å²) < 4.78 is 33.7. The van der Waals surface area contributed by atoms with Crippen LogP contribution in [0.15, 0.2) is 163 Å². The van der Waals surface area contributed by atoms with Gasteiger partial charge in [-0.3, -0.25) is 4.90 Å². The molecule has 0 bridgehead atoms. The molecule has 11 heteroatoms. The quantitative estimate of drug-likeness (QED) is 0.0366. The molecule has 6 atom stereocenters. The zero-order valence-electron chi connectivity index (χ0n) is 40.7. The van der Waals surface area contributed by atoms with E-state index < -0.39 is 23.8 Å². The number of benzene rings is 6. The standard InChI is InChI=1S/C60H66N2O9/c1-3-33-68-60-56(62(40-47-24-16-23-44-20-10-11-25-50(44)47)59(65)67-35-34-66-41-42-17-6-5-7-18-42)39-54(61-69-4-2)52-37-46(22-12-14-31-63)51(26-13-15-32-64)57(58(52)60)53-38-49(29-30-55(53)71-60)70-48-28-27-43-19-8-9-21-45(43)36-48/h3,5-11,16-21,23-25,27-30,36-38,46,51,56-58,63-64H,1,4,12-15,22,26,31-35,39-41H2,2H3/t46-,51+,56-,57+,58+,60+/m0/s1. The monoisotopic (exact) mass is 958 g/mol. The predicted molar refractivity (Wildman–Crippen MR) is 278 cm³/mol. The maximum absolute atomic E-state index is 15.2. The first-order valence-corrected chi connectivity index (χ1v) is 25.3. The lowest BCUT2D eigenvalue weighted by atomic mass is 9.55. The summed E-state index contributed by atoms with van der Waals surface area (Å²) in [5.41, 5.74) is 4.59. The Morgan fingerprint density at radius 1 is 0.817 bits per heavy atom. The molecule has 3 aliphatic rings. The van der Waals surface area contributed by atoms with Crippen molar-refractivity contribution in [2.75, 3.05) is 39.6 Å². The molecule has 9 rings (SSSR count). The third kappa shape index (κ3) is 11.0. The average Bonchev–Trinajstić information content (AvgIpc) is 3.40. The van der Waals surface area contributed by atoms with E-state index in [4.69, 9.17) is 33.7 Å². The van der Waals surface area contributed by atoms with Crippen molar-refractivity contribution in [2.45, 2.75) is 82.8 Å². The Hall–Kier alpha value is -6.50. The molecule has 0 unspecified atom stereocenters. The van der Waals surface area contributed by atoms with E-state index >= 15 is 4.79 Å². The summed E-state index contributed by atoms with van der Waals surface area (Å²) in [6, 6.07) is 43.8. The summed E-state index contributed by atoms with van der Waals surface area (Å²) in [5.74, 6) is -0.115. The van der Waals surface area contributed by atoms with Crippen LogP contribution in [0, 0.1) is 17.8 Å². The summed E-state index contributed by atoms with van der Waals surface area (Å²) in [6.45, 7) is 7.46. The number of oxime groups is 1. The van der Waals surface area contributed by atoms with Crippen molar-refractivity contribution in [3.8, 4) is 17.2 Å². The average molecular weight is 959 g/mol. The van der Waals surface area contributed by atoms with Crippen molar-refractivity contribution in [1.82, 2.24) is 4.90 Å². The van der Waals surface area contributed by atoms with Crippen molar-refractivity contribution in [3.63, 3.8) is 0 Å². The maximum Gasteiger partial charge on any atom is 0.410 e. The molecule has 0 spiro atoms. The Morgan fingerprint density at radius 3 is 2.35 bits per heavy atom. The van der Waals surface area contributed by atoms with Gasteiger partial charge in [0.05, 0.1) is 38.0 Å². The molecule has 1 amide bonds. The van der Waals surface area contributed by atoms with Crippen molar-refractivity contribution < 1.29 is 43.5 Å². The van der Waals surface area contributed by atoms with Gasteiger partial charge in [0.1, 0.15) is 36.5 Å². The second-order valence-electron chi connectivity index (χ2n) is 18.7. The molecule has 0 radical (unpaired) electrons. The number of unbranched alkanes of at least 4 members (excludes halogenated alkanes) is 2. The number of carbonyl (C=O) groups excluding carboxylic acids is 1. The van der Waals surface area contributed by atoms with Gasteiger partial charge >= 0.3 is 6.09 Å². The number of hydrogen-bond acceptors (Lipinski definition) is 10. The number of allylic oxidation sites excluding steroid dienone is 1. The van der Waals surface area contributed by atoms with Crippen LogP contribution in [0.2, 0.25) is 0 Å². The highest BCUT2D eigenvalue weighted by Crippen LogP contribution is 2.62. The van der Waals surface area contributed by atoms with Gasteiger partial charge in [0, 0.05) is 31.1 Å². The molecule has 6 aromatic rings. The Labute approximate surface area is 417 Å². The van der Waals surface area contributed by atoms with Gasteiger partial charge < -0.3 is 38.7 Å². The topological polar surface area (TPSA) is 129 Å². The van der Waals surface area contributed by atoms with Crippen molar-refractivity contribution in [2.24, 2.45) is 22.9 Å². The summed E-state index contributed by atoms with van der Waals surface area (Å²) >= 11 is 0. The van der Waals surface area contributed by atoms with Crippen molar-refractivity contribution in [1.29, 1.82) is 0 Å². The number of ether oxygens (including phenoxy) is 5. The van der Waals surface area contributed by atoms with E-state index in [2.05, 4.69) is 67.3 Å². The predicted octanol–water partition coefficient (Wildman–Crippen LogP) is 12.3. The first-order chi connectivity index (χ1) is 34.9. The van der Waals surface area contributed by atoms with E-state index in [1.165, 1.54) is 0 Å². The molecule has 1 saturated carbocycles. The number of fused-ring (bicyclic) bond motifs is 4. The van der Waals surface area contributed by atoms with Gasteiger partial charge in [0.15, 0.2) is 0 Å². The van der Waals surface area contributed by atoms with E-state index in [-0.39, 0.29) is 63.8 Å². The largest absolute Gasteiger partial charge is 0.459 e. The number of nitrogens with zero attached hydrogens (tertiary/aromatic N) is 2. The molecule has 0 saturated heterocycles. The normalized spacial score (nSPS) is 21.7. The number of amides is 1. The summed E-state index contributed by atoms with van der Waals surface area (Å²) in [6.07, 6.45) is 8.35. The minimum atomic E-state index is -1.48. The molecule has 1 fully saturated rings. The lowest BCUT2D eigenvalue weighted by Gasteiger charge is -2.59. The van der Waals surface area contributed by atoms with E-state index in [1.807, 2.05) is 85.8 Å². The first kappa shape index (κ1) is 49.5. The Kier molecular flexibility index (Phi) is 16.5. The van der Waals surface area contributed by atoms with Gasteiger partial charge in [0.25, 0.3) is 0 Å². The van der Waals surface area contributed by atoms with Crippen LogP contribution < -0.4 is 9.47 Å². The fraction of sp³-hybridized carbons (Fsp3) is 0.367. The zero-order chi connectivity index (χ0) is 49.0. The molecule has 71 heavy (non-hydrogen) atoms. The number of rotatable bonds is 23. The molecule has 0 aromatic heterocycles. The molecule has 6 aromatic carbocycles. The third-order valence-corrected chi connectivity index (χ3v) is 14.3. The summed E-state index contributed by atoms with van der Waals surface area (Å²) in [7, 11) is 0. The Bertz CT molecular complexity index is 2810. The molecule has 11 nitrogen and oxygen atoms in total. The highest BCUT2D eigenvalue weighted by Gasteiger charge is 2.65. The van der Waals surface area contributed by atoms with E-state index in [0.717, 1.165) is 69.5 Å². The van der Waals surface area contributed by atoms with E-state index in [9.17, 15) is 10.2 Å². The van der Waals surface area contributed by atoms with Gasteiger partial charge in [-0.15, -0.1) is 6.58 Å². The van der Waals surface area contributed by atoms with E-state index in [1.54, 1.807) is 11.0 Å². The zero-order valence-corrected chi connectivity index (χ0v) is 40.7. The second kappa shape index (κ2) is 23.6. The second-order valence-corrected chi connectivity index (χ2v) is 18.7. The number of aliphatic hydroxyl groups excluding tert-OH is 2. The minimum absolute atomic E-state index is 0.0220. The van der Waals surface area contributed by atoms with Gasteiger partial charge in [0.2, 0.25) is 5.79 Å². The highest BCUT2D eigenvalue weighted by molar-refractivity contribution is 6.03. The fourth-order valence-corrected chi connectivity index (χ4v) is 11.2. The fourth-order valence-electron chi connectivity index (χ4n) is 11.2. The van der Waals surface area contributed by atoms with Gasteiger partial charge in [-0.25, -0.2) is 4.79 Å². The summed E-state index contributed by atoms with van der Waals surface area (Å²) in [5, 5.41) is 29.3. The van der Waals surface area contributed by atoms with Crippen LogP contribution in [-0.4, -0.2) is 78.4 Å². The Morgan fingerprint density at radius 2 is 1.55 bits per heavy atom. The first-order valence-electron chi connectivity index (χ1n) is 25.3. The number of carbonyl (C=O) groups is 1. The van der Waals surface area contributed by atoms with Crippen LogP contribution in [0.25, 0.3) is 21.5 Å². The van der Waals surface area contributed by atoms with Crippen molar-refractivity contribution >= 4 is 33.3 Å². The van der Waals surface area contributed by atoms with Crippen molar-refractivity contribution in [3.05, 3.63) is 174 Å². The molecule has 2 N–H and O–H groups in total. The van der Waals surface area contributed by atoms with Gasteiger partial charge in [-0.05, 0) is 113 Å². The van der Waals surface area contributed by atoms with Crippen LogP contribution in [0.1, 0.15) is 74.5 Å². The summed E-state index contributed by atoms with van der Waals surface area (Å²) in [4.78, 5) is 23.0. The van der Waals surface area contributed by atoms with E-state index in [0.29, 0.717) is 49.0 Å². The molecule has 370 valence electrons.